The van der Waals surface area contributed by atoms with Crippen LogP contribution in [0.4, 0.5) is 4.39 Å². The van der Waals surface area contributed by atoms with Crippen LogP contribution in [0.25, 0.3) is 16.7 Å². The van der Waals surface area contributed by atoms with Gasteiger partial charge in [-0.1, -0.05) is 18.2 Å². The van der Waals surface area contributed by atoms with E-state index in [0.29, 0.717) is 11.5 Å². The molecule has 1 heterocycles. The molecule has 2 aromatic carbocycles. The predicted molar refractivity (Wildman–Crippen MR) is 84.8 cm³/mol. The zero-order valence-corrected chi connectivity index (χ0v) is 12.9. The number of benzene rings is 2. The van der Waals surface area contributed by atoms with Crippen LogP contribution in [0.5, 0.6) is 0 Å². The van der Waals surface area contributed by atoms with Gasteiger partial charge in [0.2, 0.25) is 0 Å². The molecule has 0 N–H and O–H groups in total. The maximum atomic E-state index is 14.4. The number of rotatable bonds is 2. The number of hydrogen-bond donors (Lipinski definition) is 0. The van der Waals surface area contributed by atoms with Gasteiger partial charge in [0.25, 0.3) is 0 Å². The van der Waals surface area contributed by atoms with Crippen LogP contribution in [-0.4, -0.2) is 9.55 Å². The number of aryl methyl sites for hydroxylation is 2. The van der Waals surface area contributed by atoms with Gasteiger partial charge in [-0.2, -0.15) is 0 Å². The fraction of sp³-hybridized carbons (Fsp3) is 0.235. The first-order valence-corrected chi connectivity index (χ1v) is 7.31. The van der Waals surface area contributed by atoms with Crippen LogP contribution in [0.1, 0.15) is 29.3 Å². The smallest absolute Gasteiger partial charge is 0.147 e. The summed E-state index contributed by atoms with van der Waals surface area (Å²) in [6.07, 6.45) is 0. The van der Waals surface area contributed by atoms with Crippen LogP contribution in [0, 0.1) is 19.7 Å². The lowest BCUT2D eigenvalue weighted by Crippen LogP contribution is -2.05. The molecule has 2 nitrogen and oxygen atoms in total. The highest BCUT2D eigenvalue weighted by Gasteiger charge is 2.19. The molecule has 1 atom stereocenters. The standard InChI is InChI=1S/C17H16ClFN2/c1-10-7-8-15(13(19)9-10)21-16-11(2)5-4-6-14(16)20-17(21)12(3)18/h4-9,12H,1-3H3. The zero-order valence-electron chi connectivity index (χ0n) is 12.2. The second-order valence-electron chi connectivity index (χ2n) is 5.32. The maximum Gasteiger partial charge on any atom is 0.147 e. The van der Waals surface area contributed by atoms with Crippen molar-refractivity contribution in [3.63, 3.8) is 0 Å². The summed E-state index contributed by atoms with van der Waals surface area (Å²) in [7, 11) is 0. The first kappa shape index (κ1) is 14.1. The fourth-order valence-corrected chi connectivity index (χ4v) is 2.76. The molecule has 3 aromatic rings. The molecule has 0 aliphatic carbocycles. The lowest BCUT2D eigenvalue weighted by Gasteiger charge is -2.13. The third-order valence-corrected chi connectivity index (χ3v) is 3.80. The Kier molecular flexibility index (Phi) is 3.46. The van der Waals surface area contributed by atoms with E-state index in [4.69, 9.17) is 11.6 Å². The van der Waals surface area contributed by atoms with Crippen LogP contribution in [-0.2, 0) is 0 Å². The van der Waals surface area contributed by atoms with E-state index >= 15 is 0 Å². The third-order valence-electron chi connectivity index (χ3n) is 3.60. The Morgan fingerprint density at radius 3 is 2.62 bits per heavy atom. The number of alkyl halides is 1. The Hall–Kier alpha value is -1.87. The second kappa shape index (κ2) is 5.15. The maximum absolute atomic E-state index is 14.4. The van der Waals surface area contributed by atoms with Crippen molar-refractivity contribution < 1.29 is 4.39 Å². The number of fused-ring (bicyclic) bond motifs is 1. The van der Waals surface area contributed by atoms with E-state index < -0.39 is 0 Å². The van der Waals surface area contributed by atoms with Crippen molar-refractivity contribution in [1.82, 2.24) is 9.55 Å². The van der Waals surface area contributed by atoms with E-state index in [-0.39, 0.29) is 11.2 Å². The highest BCUT2D eigenvalue weighted by molar-refractivity contribution is 6.20. The Morgan fingerprint density at radius 2 is 1.95 bits per heavy atom. The normalized spacial score (nSPS) is 12.8. The summed E-state index contributed by atoms with van der Waals surface area (Å²) < 4.78 is 16.3. The largest absolute Gasteiger partial charge is 0.292 e. The van der Waals surface area contributed by atoms with Gasteiger partial charge in [-0.15, -0.1) is 11.6 Å². The summed E-state index contributed by atoms with van der Waals surface area (Å²) in [6.45, 7) is 5.71. The average Bonchev–Trinajstić information content (AvgIpc) is 2.80. The molecule has 21 heavy (non-hydrogen) atoms. The van der Waals surface area contributed by atoms with Gasteiger partial charge in [0.15, 0.2) is 0 Å². The van der Waals surface area contributed by atoms with Gasteiger partial charge in [0.1, 0.15) is 11.6 Å². The third kappa shape index (κ3) is 2.32. The van der Waals surface area contributed by atoms with Crippen molar-refractivity contribution >= 4 is 22.6 Å². The van der Waals surface area contributed by atoms with Crippen molar-refractivity contribution in [2.45, 2.75) is 26.1 Å². The molecule has 3 rings (SSSR count). The van der Waals surface area contributed by atoms with Crippen LogP contribution < -0.4 is 0 Å². The minimum Gasteiger partial charge on any atom is -0.292 e. The molecule has 1 unspecified atom stereocenters. The van der Waals surface area contributed by atoms with Gasteiger partial charge in [-0.25, -0.2) is 9.37 Å². The van der Waals surface area contributed by atoms with Crippen molar-refractivity contribution in [3.05, 3.63) is 59.2 Å². The van der Waals surface area contributed by atoms with Gasteiger partial charge in [0, 0.05) is 0 Å². The van der Waals surface area contributed by atoms with Crippen LogP contribution in [0.15, 0.2) is 36.4 Å². The molecule has 108 valence electrons. The van der Waals surface area contributed by atoms with Gasteiger partial charge in [0.05, 0.1) is 22.1 Å². The summed E-state index contributed by atoms with van der Waals surface area (Å²) in [5.41, 5.74) is 4.15. The van der Waals surface area contributed by atoms with Crippen LogP contribution >= 0.6 is 11.6 Å². The molecule has 0 aliphatic heterocycles. The minimum absolute atomic E-state index is 0.267. The first-order valence-electron chi connectivity index (χ1n) is 6.87. The van der Waals surface area contributed by atoms with Crippen molar-refractivity contribution in [2.75, 3.05) is 0 Å². The van der Waals surface area contributed by atoms with E-state index in [0.717, 1.165) is 22.2 Å². The highest BCUT2D eigenvalue weighted by atomic mass is 35.5. The first-order chi connectivity index (χ1) is 9.99. The molecule has 0 bridgehead atoms. The van der Waals surface area contributed by atoms with Gasteiger partial charge >= 0.3 is 0 Å². The molecule has 0 fully saturated rings. The number of aromatic nitrogens is 2. The van der Waals surface area contributed by atoms with Crippen molar-refractivity contribution in [2.24, 2.45) is 0 Å². The quantitative estimate of drug-likeness (QED) is 0.604. The lowest BCUT2D eigenvalue weighted by atomic mass is 10.1. The zero-order chi connectivity index (χ0) is 15.1. The van der Waals surface area contributed by atoms with E-state index in [1.165, 1.54) is 6.07 Å². The van der Waals surface area contributed by atoms with Gasteiger partial charge in [-0.05, 0) is 50.1 Å². The van der Waals surface area contributed by atoms with Gasteiger partial charge in [-0.3, -0.25) is 4.57 Å². The molecule has 0 amide bonds. The number of hydrogen-bond acceptors (Lipinski definition) is 1. The van der Waals surface area contributed by atoms with E-state index in [2.05, 4.69) is 4.98 Å². The molecule has 1 aromatic heterocycles. The Balaban J connectivity index is 2.41. The molecule has 4 heteroatoms. The van der Waals surface area contributed by atoms with Gasteiger partial charge < -0.3 is 0 Å². The number of para-hydroxylation sites is 1. The summed E-state index contributed by atoms with van der Waals surface area (Å²) in [5.74, 6) is 0.389. The molecule has 0 spiro atoms. The molecule has 0 aliphatic rings. The van der Waals surface area contributed by atoms with E-state index in [1.54, 1.807) is 6.07 Å². The van der Waals surface area contributed by atoms with Crippen molar-refractivity contribution in [1.29, 1.82) is 0 Å². The second-order valence-corrected chi connectivity index (χ2v) is 5.97. The predicted octanol–water partition coefficient (Wildman–Crippen LogP) is 5.08. The van der Waals surface area contributed by atoms with Crippen LogP contribution in [0.3, 0.4) is 0 Å². The number of halogens is 2. The summed E-state index contributed by atoms with van der Waals surface area (Å²) in [6, 6.07) is 11.1. The van der Waals surface area contributed by atoms with Crippen molar-refractivity contribution in [3.8, 4) is 5.69 Å². The molecule has 0 radical (unpaired) electrons. The molecule has 0 saturated carbocycles. The topological polar surface area (TPSA) is 17.8 Å². The van der Waals surface area contributed by atoms with E-state index in [1.807, 2.05) is 49.6 Å². The van der Waals surface area contributed by atoms with Crippen LogP contribution in [0.2, 0.25) is 0 Å². The summed E-state index contributed by atoms with van der Waals surface area (Å²) >= 11 is 6.26. The average molecular weight is 303 g/mol. The molecule has 0 saturated heterocycles. The monoisotopic (exact) mass is 302 g/mol. The Labute approximate surface area is 128 Å². The molecular weight excluding hydrogens is 287 g/mol. The minimum atomic E-state index is -0.308. The SMILES string of the molecule is Cc1ccc(-n2c(C(C)Cl)nc3cccc(C)c32)c(F)c1. The fourth-order valence-electron chi connectivity index (χ4n) is 2.62. The highest BCUT2D eigenvalue weighted by Crippen LogP contribution is 2.31. The Morgan fingerprint density at radius 1 is 1.19 bits per heavy atom. The Bertz CT molecular complexity index is 821. The number of nitrogens with zero attached hydrogens (tertiary/aromatic N) is 2. The molecular formula is C17H16ClFN2. The number of imidazole rings is 1. The van der Waals surface area contributed by atoms with E-state index in [9.17, 15) is 4.39 Å². The lowest BCUT2D eigenvalue weighted by molar-refractivity contribution is 0.615. The summed E-state index contributed by atoms with van der Waals surface area (Å²) in [5, 5.41) is -0.308. The summed E-state index contributed by atoms with van der Waals surface area (Å²) in [4.78, 5) is 4.58.